The monoisotopic (exact) mass is 472 g/mol. The third kappa shape index (κ3) is 4.25. The summed E-state index contributed by atoms with van der Waals surface area (Å²) in [5.74, 6) is -2.29. The molecule has 0 aromatic heterocycles. The highest BCUT2D eigenvalue weighted by atomic mass is 32.2. The number of aliphatic hydroxyl groups excluding tert-OH is 1. The Kier molecular flexibility index (Phi) is 6.48. The van der Waals surface area contributed by atoms with Gasteiger partial charge in [0, 0.05) is 34.6 Å². The van der Waals surface area contributed by atoms with E-state index in [0.717, 1.165) is 5.56 Å². The first-order valence-electron chi connectivity index (χ1n) is 11.1. The molecule has 6 atom stereocenters. The molecule has 0 bridgehead atoms. The lowest BCUT2D eigenvalue weighted by Crippen LogP contribution is -2.63. The van der Waals surface area contributed by atoms with Crippen LogP contribution in [0.2, 0.25) is 0 Å². The number of Topliss-reactive ketones (excluding diaryl/α,β-unsaturated/α-hetero) is 2. The molecule has 2 saturated heterocycles. The van der Waals surface area contributed by atoms with Crippen molar-refractivity contribution in [2.45, 2.75) is 57.1 Å². The number of benzene rings is 1. The standard InChI is InChI=1S/C24H28N2O6S/c1-11-20-19(13(3)28)23(30)26(20)21(24(31)32)22(11)33-16-9-17(25-10-16)18(29)8-14-5-4-6-15(7-14)12(2)27/h4-7,11,13,16-17,19-20,25,28H,8-10H2,1-3H3,(H,31,32)/t11-,13-,16+,17+,19-,20-/m1/s1. The third-order valence-electron chi connectivity index (χ3n) is 6.80. The Morgan fingerprint density at radius 1 is 1.30 bits per heavy atom. The van der Waals surface area contributed by atoms with Crippen molar-refractivity contribution < 1.29 is 29.4 Å². The Balaban J connectivity index is 1.43. The molecule has 1 aromatic carbocycles. The molecule has 4 rings (SSSR count). The van der Waals surface area contributed by atoms with Gasteiger partial charge in [-0.25, -0.2) is 4.79 Å². The van der Waals surface area contributed by atoms with Crippen LogP contribution in [0.15, 0.2) is 34.9 Å². The van der Waals surface area contributed by atoms with E-state index in [-0.39, 0.29) is 52.8 Å². The van der Waals surface area contributed by atoms with Crippen molar-refractivity contribution in [1.29, 1.82) is 0 Å². The van der Waals surface area contributed by atoms with Crippen molar-refractivity contribution in [3.05, 3.63) is 46.0 Å². The van der Waals surface area contributed by atoms with Gasteiger partial charge < -0.3 is 20.4 Å². The van der Waals surface area contributed by atoms with Gasteiger partial charge in [0.05, 0.1) is 24.1 Å². The molecule has 3 heterocycles. The molecular formula is C24H28N2O6S. The predicted octanol–water partition coefficient (Wildman–Crippen LogP) is 1.62. The smallest absolute Gasteiger partial charge is 0.353 e. The maximum atomic E-state index is 12.8. The number of nitrogens with one attached hydrogen (secondary N) is 1. The van der Waals surface area contributed by atoms with Crippen molar-refractivity contribution in [3.63, 3.8) is 0 Å². The van der Waals surface area contributed by atoms with E-state index in [1.54, 1.807) is 25.1 Å². The summed E-state index contributed by atoms with van der Waals surface area (Å²) < 4.78 is 0. The van der Waals surface area contributed by atoms with Crippen LogP contribution in [0.3, 0.4) is 0 Å². The minimum Gasteiger partial charge on any atom is -0.477 e. The summed E-state index contributed by atoms with van der Waals surface area (Å²) in [6.45, 7) is 5.49. The molecular weight excluding hydrogens is 444 g/mol. The fraction of sp³-hybridized carbons (Fsp3) is 0.500. The van der Waals surface area contributed by atoms with Gasteiger partial charge in [-0.1, -0.05) is 25.1 Å². The number of fused-ring (bicyclic) bond motifs is 1. The van der Waals surface area contributed by atoms with E-state index in [1.165, 1.54) is 23.6 Å². The highest BCUT2D eigenvalue weighted by Crippen LogP contribution is 2.51. The zero-order chi connectivity index (χ0) is 24.0. The lowest BCUT2D eigenvalue weighted by atomic mass is 9.79. The van der Waals surface area contributed by atoms with Crippen LogP contribution >= 0.6 is 11.8 Å². The van der Waals surface area contributed by atoms with Gasteiger partial charge in [0.1, 0.15) is 5.70 Å². The Morgan fingerprint density at radius 3 is 2.67 bits per heavy atom. The molecule has 3 aliphatic heterocycles. The molecule has 1 aromatic rings. The largest absolute Gasteiger partial charge is 0.477 e. The number of carboxylic acid groups (broad SMARTS) is 1. The Bertz CT molecular complexity index is 1050. The number of nitrogens with zero attached hydrogens (tertiary/aromatic N) is 1. The minimum atomic E-state index is -1.15. The summed E-state index contributed by atoms with van der Waals surface area (Å²) in [6.07, 6.45) is -0.0645. The van der Waals surface area contributed by atoms with Crippen molar-refractivity contribution in [3.8, 4) is 0 Å². The Hall–Kier alpha value is -2.49. The summed E-state index contributed by atoms with van der Waals surface area (Å²) >= 11 is 1.42. The number of β-lactam (4-membered cyclic amide) rings is 1. The molecule has 0 aliphatic carbocycles. The zero-order valence-corrected chi connectivity index (χ0v) is 19.6. The van der Waals surface area contributed by atoms with Gasteiger partial charge in [0.2, 0.25) is 5.91 Å². The number of rotatable bonds is 8. The number of amides is 1. The average Bonchev–Trinajstić information content (AvgIpc) is 3.30. The number of carboxylic acids is 1. The molecule has 0 spiro atoms. The third-order valence-corrected chi connectivity index (χ3v) is 8.31. The fourth-order valence-electron chi connectivity index (χ4n) is 5.12. The van der Waals surface area contributed by atoms with E-state index in [9.17, 15) is 29.4 Å². The molecule has 0 saturated carbocycles. The maximum absolute atomic E-state index is 12.8. The summed E-state index contributed by atoms with van der Waals surface area (Å²) in [5, 5.41) is 23.0. The van der Waals surface area contributed by atoms with Gasteiger partial charge in [-0.05, 0) is 31.9 Å². The number of thioether (sulfide) groups is 1. The molecule has 176 valence electrons. The van der Waals surface area contributed by atoms with Crippen LogP contribution in [0.5, 0.6) is 0 Å². The van der Waals surface area contributed by atoms with Crippen LogP contribution in [0.25, 0.3) is 0 Å². The molecule has 3 N–H and O–H groups in total. The quantitative estimate of drug-likeness (QED) is 0.385. The summed E-state index contributed by atoms with van der Waals surface area (Å²) in [5.41, 5.74) is 1.37. The second-order valence-corrected chi connectivity index (χ2v) is 10.5. The highest BCUT2D eigenvalue weighted by Gasteiger charge is 2.60. The van der Waals surface area contributed by atoms with Gasteiger partial charge in [-0.3, -0.25) is 14.4 Å². The summed E-state index contributed by atoms with van der Waals surface area (Å²) in [6, 6.07) is 6.38. The number of ketones is 2. The number of carbonyl (C=O) groups is 4. The normalized spacial score (nSPS) is 29.6. The first-order valence-corrected chi connectivity index (χ1v) is 12.0. The van der Waals surface area contributed by atoms with Gasteiger partial charge in [-0.15, -0.1) is 11.8 Å². The number of aliphatic hydroxyl groups is 1. The SMILES string of the molecule is CC(=O)c1cccc(CC(=O)[C@@H]2C[C@H](SC3=C(C(=O)O)N4C(=O)[C@H]([C@@H](C)O)[C@H]4[C@H]3C)CN2)c1. The van der Waals surface area contributed by atoms with Crippen LogP contribution in [0.1, 0.15) is 43.1 Å². The van der Waals surface area contributed by atoms with E-state index in [1.807, 2.05) is 13.0 Å². The highest BCUT2D eigenvalue weighted by molar-refractivity contribution is 8.03. The first-order chi connectivity index (χ1) is 15.6. The molecule has 8 nitrogen and oxygen atoms in total. The molecule has 1 amide bonds. The van der Waals surface area contributed by atoms with Gasteiger partial charge >= 0.3 is 5.97 Å². The molecule has 33 heavy (non-hydrogen) atoms. The van der Waals surface area contributed by atoms with Crippen molar-refractivity contribution >= 4 is 35.2 Å². The van der Waals surface area contributed by atoms with Crippen LogP contribution in [-0.4, -0.2) is 68.5 Å². The maximum Gasteiger partial charge on any atom is 0.353 e. The molecule has 9 heteroatoms. The predicted molar refractivity (Wildman–Crippen MR) is 123 cm³/mol. The molecule has 3 aliphatic rings. The number of aliphatic carboxylic acids is 1. The van der Waals surface area contributed by atoms with Gasteiger partial charge in [-0.2, -0.15) is 0 Å². The molecule has 0 unspecified atom stereocenters. The van der Waals surface area contributed by atoms with E-state index >= 15 is 0 Å². The fourth-order valence-corrected chi connectivity index (χ4v) is 6.60. The van der Waals surface area contributed by atoms with Crippen LogP contribution in [-0.2, 0) is 20.8 Å². The second-order valence-electron chi connectivity index (χ2n) is 9.11. The van der Waals surface area contributed by atoms with E-state index in [0.29, 0.717) is 23.4 Å². The van der Waals surface area contributed by atoms with E-state index in [2.05, 4.69) is 5.32 Å². The van der Waals surface area contributed by atoms with Crippen LogP contribution in [0, 0.1) is 11.8 Å². The van der Waals surface area contributed by atoms with Gasteiger partial charge in [0.15, 0.2) is 11.6 Å². The second kappa shape index (κ2) is 9.04. The Morgan fingerprint density at radius 2 is 2.03 bits per heavy atom. The number of hydrogen-bond acceptors (Lipinski definition) is 7. The van der Waals surface area contributed by atoms with Crippen LogP contribution < -0.4 is 5.32 Å². The minimum absolute atomic E-state index is 0.00638. The van der Waals surface area contributed by atoms with E-state index in [4.69, 9.17) is 0 Å². The first kappa shape index (κ1) is 23.7. The summed E-state index contributed by atoms with van der Waals surface area (Å²) in [4.78, 5) is 50.9. The average molecular weight is 473 g/mol. The lowest BCUT2D eigenvalue weighted by molar-refractivity contribution is -0.163. The van der Waals surface area contributed by atoms with Crippen molar-refractivity contribution in [2.75, 3.05) is 6.54 Å². The van der Waals surface area contributed by atoms with Crippen molar-refractivity contribution in [1.82, 2.24) is 10.2 Å². The lowest BCUT2D eigenvalue weighted by Gasteiger charge is -2.46. The molecule has 2 fully saturated rings. The van der Waals surface area contributed by atoms with Gasteiger partial charge in [0.25, 0.3) is 0 Å². The van der Waals surface area contributed by atoms with Crippen LogP contribution in [0.4, 0.5) is 0 Å². The summed E-state index contributed by atoms with van der Waals surface area (Å²) in [7, 11) is 0. The number of hydrogen-bond donors (Lipinski definition) is 3. The Labute approximate surface area is 196 Å². The zero-order valence-electron chi connectivity index (χ0n) is 18.8. The van der Waals surface area contributed by atoms with E-state index < -0.39 is 18.0 Å². The number of carbonyl (C=O) groups excluding carboxylic acids is 3. The molecule has 0 radical (unpaired) electrons. The topological polar surface area (TPSA) is 124 Å². The van der Waals surface area contributed by atoms with Crippen molar-refractivity contribution in [2.24, 2.45) is 11.8 Å².